The van der Waals surface area contributed by atoms with E-state index in [4.69, 9.17) is 4.42 Å². The van der Waals surface area contributed by atoms with Gasteiger partial charge in [-0.05, 0) is 44.2 Å². The predicted molar refractivity (Wildman–Crippen MR) is 76.5 cm³/mol. The highest BCUT2D eigenvalue weighted by atomic mass is 16.3. The minimum absolute atomic E-state index is 0.104. The Balaban J connectivity index is 1.73. The van der Waals surface area contributed by atoms with Gasteiger partial charge in [-0.15, -0.1) is 0 Å². The maximum absolute atomic E-state index is 11.9. The van der Waals surface area contributed by atoms with E-state index in [0.717, 1.165) is 28.1 Å². The number of carbonyl (C=O) groups is 1. The first-order chi connectivity index (χ1) is 9.60. The van der Waals surface area contributed by atoms with Gasteiger partial charge in [-0.2, -0.15) is 5.10 Å². The number of hydrogen-bond acceptors (Lipinski definition) is 3. The standard InChI is InChI=1S/C15H15N3O2/c1-10-5-6-18(17-10)9-15(19)16-13-3-4-14-12(8-13)7-11(2)20-14/h3-8H,9H2,1-2H3,(H,16,19). The van der Waals surface area contributed by atoms with Crippen LogP contribution in [0, 0.1) is 13.8 Å². The lowest BCUT2D eigenvalue weighted by molar-refractivity contribution is -0.116. The van der Waals surface area contributed by atoms with Crippen molar-refractivity contribution in [3.8, 4) is 0 Å². The smallest absolute Gasteiger partial charge is 0.246 e. The number of furan rings is 1. The number of aryl methyl sites for hydroxylation is 2. The van der Waals surface area contributed by atoms with Crippen molar-refractivity contribution in [2.24, 2.45) is 0 Å². The molecule has 0 unspecified atom stereocenters. The second kappa shape index (κ2) is 4.85. The minimum atomic E-state index is -0.104. The highest BCUT2D eigenvalue weighted by Gasteiger charge is 2.06. The van der Waals surface area contributed by atoms with Crippen LogP contribution in [0.25, 0.3) is 11.0 Å². The molecular weight excluding hydrogens is 254 g/mol. The summed E-state index contributed by atoms with van der Waals surface area (Å²) in [5.41, 5.74) is 2.48. The summed E-state index contributed by atoms with van der Waals surface area (Å²) >= 11 is 0. The number of hydrogen-bond donors (Lipinski definition) is 1. The van der Waals surface area contributed by atoms with E-state index >= 15 is 0 Å². The lowest BCUT2D eigenvalue weighted by atomic mass is 10.2. The second-order valence-electron chi connectivity index (χ2n) is 4.81. The van der Waals surface area contributed by atoms with E-state index in [9.17, 15) is 4.79 Å². The molecule has 20 heavy (non-hydrogen) atoms. The Labute approximate surface area is 116 Å². The summed E-state index contributed by atoms with van der Waals surface area (Å²) in [5, 5.41) is 8.03. The van der Waals surface area contributed by atoms with E-state index in [-0.39, 0.29) is 12.5 Å². The molecule has 0 aliphatic rings. The van der Waals surface area contributed by atoms with Crippen LogP contribution in [-0.4, -0.2) is 15.7 Å². The molecule has 0 spiro atoms. The Morgan fingerprint density at radius 2 is 2.15 bits per heavy atom. The predicted octanol–water partition coefficient (Wildman–Crippen LogP) is 2.88. The first-order valence-electron chi connectivity index (χ1n) is 6.40. The first kappa shape index (κ1) is 12.5. The zero-order chi connectivity index (χ0) is 14.1. The fourth-order valence-corrected chi connectivity index (χ4v) is 2.15. The van der Waals surface area contributed by atoms with Crippen LogP contribution in [0.4, 0.5) is 5.69 Å². The van der Waals surface area contributed by atoms with Gasteiger partial charge < -0.3 is 9.73 Å². The molecule has 0 aliphatic heterocycles. The molecule has 0 bridgehead atoms. The molecule has 0 fully saturated rings. The zero-order valence-electron chi connectivity index (χ0n) is 11.4. The highest BCUT2D eigenvalue weighted by Crippen LogP contribution is 2.22. The van der Waals surface area contributed by atoms with Crippen LogP contribution < -0.4 is 5.32 Å². The fraction of sp³-hybridized carbons (Fsp3) is 0.200. The summed E-state index contributed by atoms with van der Waals surface area (Å²) in [6.45, 7) is 4.00. The lowest BCUT2D eigenvalue weighted by Crippen LogP contribution is -2.19. The molecule has 5 heteroatoms. The largest absolute Gasteiger partial charge is 0.461 e. The molecule has 1 N–H and O–H groups in total. The van der Waals surface area contributed by atoms with E-state index in [0.29, 0.717) is 0 Å². The van der Waals surface area contributed by atoms with Crippen LogP contribution in [0.1, 0.15) is 11.5 Å². The van der Waals surface area contributed by atoms with Crippen molar-refractivity contribution in [1.82, 2.24) is 9.78 Å². The summed E-state index contributed by atoms with van der Waals surface area (Å²) in [5.74, 6) is 0.753. The Bertz CT molecular complexity index is 770. The molecule has 2 heterocycles. The molecular formula is C15H15N3O2. The SMILES string of the molecule is Cc1ccn(CC(=O)Nc2ccc3oc(C)cc3c2)n1. The molecule has 0 radical (unpaired) electrons. The van der Waals surface area contributed by atoms with Gasteiger partial charge >= 0.3 is 0 Å². The fourth-order valence-electron chi connectivity index (χ4n) is 2.15. The van der Waals surface area contributed by atoms with Gasteiger partial charge in [0.05, 0.1) is 5.69 Å². The Kier molecular flexibility index (Phi) is 3.02. The van der Waals surface area contributed by atoms with Gasteiger partial charge in [-0.1, -0.05) is 0 Å². The van der Waals surface area contributed by atoms with Gasteiger partial charge in [-0.25, -0.2) is 0 Å². The molecule has 0 saturated heterocycles. The van der Waals surface area contributed by atoms with Crippen LogP contribution in [0.15, 0.2) is 40.9 Å². The minimum Gasteiger partial charge on any atom is -0.461 e. The van der Waals surface area contributed by atoms with Gasteiger partial charge in [0.2, 0.25) is 5.91 Å². The average Bonchev–Trinajstić information content (AvgIpc) is 2.93. The quantitative estimate of drug-likeness (QED) is 0.795. The number of nitrogens with one attached hydrogen (secondary N) is 1. The third kappa shape index (κ3) is 2.56. The third-order valence-corrected chi connectivity index (χ3v) is 3.00. The summed E-state index contributed by atoms with van der Waals surface area (Å²) in [4.78, 5) is 11.9. The molecule has 3 rings (SSSR count). The van der Waals surface area contributed by atoms with Crippen molar-refractivity contribution in [1.29, 1.82) is 0 Å². The van der Waals surface area contributed by atoms with Gasteiger partial charge in [0.15, 0.2) is 0 Å². The number of nitrogens with zero attached hydrogens (tertiary/aromatic N) is 2. The summed E-state index contributed by atoms with van der Waals surface area (Å²) in [7, 11) is 0. The molecule has 1 amide bonds. The molecule has 0 aliphatic carbocycles. The first-order valence-corrected chi connectivity index (χ1v) is 6.40. The van der Waals surface area contributed by atoms with Gasteiger partial charge in [0, 0.05) is 17.3 Å². The number of amides is 1. The monoisotopic (exact) mass is 269 g/mol. The number of aromatic nitrogens is 2. The number of benzene rings is 1. The Morgan fingerprint density at radius 1 is 1.30 bits per heavy atom. The van der Waals surface area contributed by atoms with Gasteiger partial charge in [0.1, 0.15) is 17.9 Å². The summed E-state index contributed by atoms with van der Waals surface area (Å²) < 4.78 is 7.12. The van der Waals surface area contributed by atoms with E-state index < -0.39 is 0 Å². The summed E-state index contributed by atoms with van der Waals surface area (Å²) in [6.07, 6.45) is 1.79. The molecule has 5 nitrogen and oxygen atoms in total. The molecule has 0 atom stereocenters. The van der Waals surface area contributed by atoms with Crippen molar-refractivity contribution < 1.29 is 9.21 Å². The summed E-state index contributed by atoms with van der Waals surface area (Å²) in [6, 6.07) is 9.40. The van der Waals surface area contributed by atoms with E-state index in [1.54, 1.807) is 10.9 Å². The van der Waals surface area contributed by atoms with Crippen LogP contribution >= 0.6 is 0 Å². The molecule has 102 valence electrons. The molecule has 2 aromatic heterocycles. The van der Waals surface area contributed by atoms with Gasteiger partial charge in [-0.3, -0.25) is 9.48 Å². The Morgan fingerprint density at radius 3 is 2.90 bits per heavy atom. The average molecular weight is 269 g/mol. The van der Waals surface area contributed by atoms with E-state index in [2.05, 4.69) is 10.4 Å². The van der Waals surface area contributed by atoms with E-state index in [1.165, 1.54) is 0 Å². The van der Waals surface area contributed by atoms with Crippen LogP contribution in [-0.2, 0) is 11.3 Å². The van der Waals surface area contributed by atoms with Crippen molar-refractivity contribution in [3.05, 3.63) is 48.0 Å². The maximum Gasteiger partial charge on any atom is 0.246 e. The van der Waals surface area contributed by atoms with Crippen molar-refractivity contribution in [2.75, 3.05) is 5.32 Å². The maximum atomic E-state index is 11.9. The van der Waals surface area contributed by atoms with Crippen molar-refractivity contribution in [3.63, 3.8) is 0 Å². The Hall–Kier alpha value is -2.56. The van der Waals surface area contributed by atoms with Crippen LogP contribution in [0.3, 0.4) is 0 Å². The number of fused-ring (bicyclic) bond motifs is 1. The van der Waals surface area contributed by atoms with Crippen molar-refractivity contribution >= 4 is 22.6 Å². The van der Waals surface area contributed by atoms with E-state index in [1.807, 2.05) is 44.2 Å². The van der Waals surface area contributed by atoms with Crippen LogP contribution in [0.5, 0.6) is 0 Å². The zero-order valence-corrected chi connectivity index (χ0v) is 11.4. The van der Waals surface area contributed by atoms with Crippen LogP contribution in [0.2, 0.25) is 0 Å². The lowest BCUT2D eigenvalue weighted by Gasteiger charge is -2.05. The van der Waals surface area contributed by atoms with Gasteiger partial charge in [0.25, 0.3) is 0 Å². The molecule has 3 aromatic rings. The number of carbonyl (C=O) groups excluding carboxylic acids is 1. The second-order valence-corrected chi connectivity index (χ2v) is 4.81. The number of rotatable bonds is 3. The topological polar surface area (TPSA) is 60.1 Å². The number of anilines is 1. The third-order valence-electron chi connectivity index (χ3n) is 3.00. The highest BCUT2D eigenvalue weighted by molar-refractivity contribution is 5.93. The normalized spacial score (nSPS) is 10.9. The van der Waals surface area contributed by atoms with Crippen molar-refractivity contribution in [2.45, 2.75) is 20.4 Å². The molecule has 1 aromatic carbocycles. The molecule has 0 saturated carbocycles.